The molecule has 2 rings (SSSR count). The zero-order valence-corrected chi connectivity index (χ0v) is 12.4. The predicted octanol–water partition coefficient (Wildman–Crippen LogP) is 1.09. The van der Waals surface area contributed by atoms with E-state index in [-0.39, 0.29) is 6.10 Å². The lowest BCUT2D eigenvalue weighted by atomic mass is 10.1. The summed E-state index contributed by atoms with van der Waals surface area (Å²) in [5, 5.41) is 12.9. The summed E-state index contributed by atoms with van der Waals surface area (Å²) >= 11 is 0. The Morgan fingerprint density at radius 2 is 2.20 bits per heavy atom. The second-order valence-corrected chi connectivity index (χ2v) is 5.37. The summed E-state index contributed by atoms with van der Waals surface area (Å²) in [5.41, 5.74) is 2.40. The number of nitrogens with zero attached hydrogens (tertiary/aromatic N) is 2. The highest BCUT2D eigenvalue weighted by atomic mass is 16.5. The number of methoxy groups -OCH3 is 1. The van der Waals surface area contributed by atoms with Crippen LogP contribution in [0.15, 0.2) is 12.3 Å². The normalized spacial score (nSPS) is 16.6. The maximum atomic E-state index is 9.56. The first-order chi connectivity index (χ1) is 9.70. The summed E-state index contributed by atoms with van der Waals surface area (Å²) in [5.74, 6) is 1.05. The molecule has 20 heavy (non-hydrogen) atoms. The minimum absolute atomic E-state index is 0.143. The monoisotopic (exact) mass is 279 g/mol. The van der Waals surface area contributed by atoms with Gasteiger partial charge in [0.2, 0.25) is 0 Å². The van der Waals surface area contributed by atoms with E-state index in [2.05, 4.69) is 28.2 Å². The first-order valence-corrected chi connectivity index (χ1v) is 7.29. The van der Waals surface area contributed by atoms with Crippen molar-refractivity contribution in [1.29, 1.82) is 0 Å². The molecular formula is C15H25N3O2. The number of piperidine rings is 1. The van der Waals surface area contributed by atoms with Gasteiger partial charge in [-0.2, -0.15) is 0 Å². The molecule has 1 aromatic heterocycles. The first-order valence-electron chi connectivity index (χ1n) is 7.29. The summed E-state index contributed by atoms with van der Waals surface area (Å²) in [6.45, 7) is 6.27. The van der Waals surface area contributed by atoms with Gasteiger partial charge in [0, 0.05) is 39.5 Å². The molecule has 0 spiro atoms. The smallest absolute Gasteiger partial charge is 0.131 e. The van der Waals surface area contributed by atoms with Gasteiger partial charge < -0.3 is 20.1 Å². The summed E-state index contributed by atoms with van der Waals surface area (Å²) in [6.07, 6.45) is 3.46. The number of aliphatic hydroxyl groups excluding tert-OH is 1. The molecule has 1 aromatic rings. The lowest BCUT2D eigenvalue weighted by molar-refractivity contribution is 0.145. The third kappa shape index (κ3) is 4.16. The van der Waals surface area contributed by atoms with Gasteiger partial charge in [0.25, 0.3) is 0 Å². The molecule has 0 amide bonds. The molecule has 5 heteroatoms. The Kier molecular flexibility index (Phi) is 5.76. The van der Waals surface area contributed by atoms with Crippen molar-refractivity contribution in [3.05, 3.63) is 23.4 Å². The number of aromatic nitrogens is 1. The minimum Gasteiger partial charge on any atom is -0.393 e. The second-order valence-electron chi connectivity index (χ2n) is 5.37. The average molecular weight is 279 g/mol. The van der Waals surface area contributed by atoms with Crippen molar-refractivity contribution in [3.63, 3.8) is 0 Å². The van der Waals surface area contributed by atoms with Gasteiger partial charge in [-0.05, 0) is 37.0 Å². The molecule has 2 heterocycles. The van der Waals surface area contributed by atoms with E-state index in [1.54, 1.807) is 7.11 Å². The highest BCUT2D eigenvalue weighted by molar-refractivity contribution is 5.47. The number of hydrogen-bond donors (Lipinski definition) is 2. The fourth-order valence-corrected chi connectivity index (χ4v) is 2.54. The number of ether oxygens (including phenoxy) is 1. The van der Waals surface area contributed by atoms with Crippen molar-refractivity contribution in [2.75, 3.05) is 38.3 Å². The van der Waals surface area contributed by atoms with E-state index in [4.69, 9.17) is 4.74 Å². The van der Waals surface area contributed by atoms with Gasteiger partial charge in [-0.1, -0.05) is 0 Å². The molecule has 1 fully saturated rings. The summed E-state index contributed by atoms with van der Waals surface area (Å²) in [4.78, 5) is 6.87. The largest absolute Gasteiger partial charge is 0.393 e. The zero-order valence-electron chi connectivity index (χ0n) is 12.4. The van der Waals surface area contributed by atoms with Crippen LogP contribution in [0.4, 0.5) is 5.82 Å². The maximum absolute atomic E-state index is 9.56. The highest BCUT2D eigenvalue weighted by Gasteiger charge is 2.19. The number of anilines is 1. The van der Waals surface area contributed by atoms with Crippen LogP contribution in [0.25, 0.3) is 0 Å². The Morgan fingerprint density at radius 3 is 2.85 bits per heavy atom. The Bertz CT molecular complexity index is 418. The van der Waals surface area contributed by atoms with Crippen LogP contribution in [0, 0.1) is 6.92 Å². The minimum atomic E-state index is -0.143. The van der Waals surface area contributed by atoms with Gasteiger partial charge in [0.05, 0.1) is 12.7 Å². The zero-order chi connectivity index (χ0) is 14.4. The van der Waals surface area contributed by atoms with E-state index in [1.807, 2.05) is 6.20 Å². The van der Waals surface area contributed by atoms with E-state index in [9.17, 15) is 5.11 Å². The lowest BCUT2D eigenvalue weighted by Gasteiger charge is -2.31. The molecule has 0 saturated carbocycles. The topological polar surface area (TPSA) is 57.6 Å². The lowest BCUT2D eigenvalue weighted by Crippen LogP contribution is -2.36. The second kappa shape index (κ2) is 7.57. The molecule has 0 radical (unpaired) electrons. The summed E-state index contributed by atoms with van der Waals surface area (Å²) in [7, 11) is 1.71. The number of hydrogen-bond acceptors (Lipinski definition) is 5. The Hall–Kier alpha value is -1.17. The average Bonchev–Trinajstić information content (AvgIpc) is 2.45. The molecule has 0 unspecified atom stereocenters. The fourth-order valence-electron chi connectivity index (χ4n) is 2.54. The van der Waals surface area contributed by atoms with Crippen LogP contribution in [0.2, 0.25) is 0 Å². The molecule has 112 valence electrons. The van der Waals surface area contributed by atoms with Crippen molar-refractivity contribution in [3.8, 4) is 0 Å². The SMILES string of the molecule is COCCNCc1cnc(N2CCC(O)CC2)c(C)c1. The van der Waals surface area contributed by atoms with Crippen molar-refractivity contribution < 1.29 is 9.84 Å². The highest BCUT2D eigenvalue weighted by Crippen LogP contribution is 2.22. The van der Waals surface area contributed by atoms with Crippen molar-refractivity contribution >= 4 is 5.82 Å². The molecule has 2 N–H and O–H groups in total. The molecular weight excluding hydrogens is 254 g/mol. The van der Waals surface area contributed by atoms with Crippen molar-refractivity contribution in [2.45, 2.75) is 32.4 Å². The standard InChI is InChI=1S/C15H25N3O2/c1-12-9-13(10-16-5-8-20-2)11-17-15(12)18-6-3-14(19)4-7-18/h9,11,14,16,19H,3-8,10H2,1-2H3. The quantitative estimate of drug-likeness (QED) is 0.763. The van der Waals surface area contributed by atoms with E-state index < -0.39 is 0 Å². The Morgan fingerprint density at radius 1 is 1.45 bits per heavy atom. The van der Waals surface area contributed by atoms with Crippen LogP contribution in [0.5, 0.6) is 0 Å². The Balaban J connectivity index is 1.92. The molecule has 1 saturated heterocycles. The van der Waals surface area contributed by atoms with Crippen LogP contribution in [-0.4, -0.2) is 49.5 Å². The number of aryl methyl sites for hydroxylation is 1. The van der Waals surface area contributed by atoms with Crippen LogP contribution in [0.3, 0.4) is 0 Å². The van der Waals surface area contributed by atoms with Crippen LogP contribution < -0.4 is 10.2 Å². The Labute approximate surface area is 121 Å². The molecule has 0 bridgehead atoms. The van der Waals surface area contributed by atoms with Gasteiger partial charge in [-0.15, -0.1) is 0 Å². The number of rotatable bonds is 6. The van der Waals surface area contributed by atoms with E-state index >= 15 is 0 Å². The van der Waals surface area contributed by atoms with Gasteiger partial charge in [0.1, 0.15) is 5.82 Å². The molecule has 0 atom stereocenters. The molecule has 0 aliphatic carbocycles. The van der Waals surface area contributed by atoms with Gasteiger partial charge in [-0.25, -0.2) is 4.98 Å². The summed E-state index contributed by atoms with van der Waals surface area (Å²) < 4.78 is 5.01. The van der Waals surface area contributed by atoms with Crippen molar-refractivity contribution in [1.82, 2.24) is 10.3 Å². The van der Waals surface area contributed by atoms with E-state index in [0.29, 0.717) is 0 Å². The molecule has 5 nitrogen and oxygen atoms in total. The van der Waals surface area contributed by atoms with E-state index in [1.165, 1.54) is 11.1 Å². The van der Waals surface area contributed by atoms with Crippen LogP contribution >= 0.6 is 0 Å². The predicted molar refractivity (Wildman–Crippen MR) is 80.0 cm³/mol. The van der Waals surface area contributed by atoms with E-state index in [0.717, 1.165) is 51.4 Å². The third-order valence-corrected chi connectivity index (χ3v) is 3.68. The third-order valence-electron chi connectivity index (χ3n) is 3.68. The van der Waals surface area contributed by atoms with Gasteiger partial charge in [0.15, 0.2) is 0 Å². The maximum Gasteiger partial charge on any atom is 0.131 e. The van der Waals surface area contributed by atoms with Crippen LogP contribution in [0.1, 0.15) is 24.0 Å². The first kappa shape index (κ1) is 15.2. The number of nitrogens with one attached hydrogen (secondary N) is 1. The molecule has 1 aliphatic rings. The summed E-state index contributed by atoms with van der Waals surface area (Å²) in [6, 6.07) is 2.19. The van der Waals surface area contributed by atoms with Crippen molar-refractivity contribution in [2.24, 2.45) is 0 Å². The molecule has 1 aliphatic heterocycles. The molecule has 0 aromatic carbocycles. The van der Waals surface area contributed by atoms with Crippen LogP contribution in [-0.2, 0) is 11.3 Å². The number of aliphatic hydroxyl groups is 1. The van der Waals surface area contributed by atoms with Gasteiger partial charge in [-0.3, -0.25) is 0 Å². The number of pyridine rings is 1. The fraction of sp³-hybridized carbons (Fsp3) is 0.667. The van der Waals surface area contributed by atoms with Gasteiger partial charge >= 0.3 is 0 Å².